The molecule has 2 rings (SSSR count). The smallest absolute Gasteiger partial charge is 0.333 e. The van der Waals surface area contributed by atoms with Crippen molar-refractivity contribution in [3.63, 3.8) is 0 Å². The van der Waals surface area contributed by atoms with E-state index in [1.54, 1.807) is 0 Å². The predicted molar refractivity (Wildman–Crippen MR) is 95.7 cm³/mol. The maximum Gasteiger partial charge on any atom is 0.333 e. The zero-order valence-electron chi connectivity index (χ0n) is 16.4. The van der Waals surface area contributed by atoms with E-state index in [1.165, 1.54) is 0 Å². The first-order valence-electron chi connectivity index (χ1n) is 8.91. The fourth-order valence-corrected chi connectivity index (χ4v) is 4.35. The molecule has 0 aliphatic carbocycles. The van der Waals surface area contributed by atoms with E-state index in [9.17, 15) is 50.2 Å². The minimum atomic E-state index is -5.10. The highest BCUT2D eigenvalue weighted by molar-refractivity contribution is 7.92. The number of hydrogen-bond acceptors (Lipinski definition) is 13. The van der Waals surface area contributed by atoms with E-state index in [4.69, 9.17) is 0 Å². The van der Waals surface area contributed by atoms with Crippen LogP contribution in [0.25, 0.3) is 0 Å². The van der Waals surface area contributed by atoms with Gasteiger partial charge in [0, 0.05) is 19.1 Å². The van der Waals surface area contributed by atoms with Crippen LogP contribution < -0.4 is 0 Å². The first-order valence-corrected chi connectivity index (χ1v) is 12.3. The SMILES string of the molecule is CS(=O)(=O)C1CC(=O)N(OC(=O)CCCCC(=O)ON2C(=O)CC(S(=O)(=O)[O-])C2=O)C1=O. The van der Waals surface area contributed by atoms with E-state index >= 15 is 0 Å². The Morgan fingerprint density at radius 2 is 1.22 bits per heavy atom. The molecule has 2 unspecified atom stereocenters. The number of nitrogens with zero attached hydrogens (tertiary/aromatic N) is 2. The molecule has 0 N–H and O–H groups in total. The molecule has 0 bridgehead atoms. The number of imide groups is 2. The fraction of sp³-hybridized carbons (Fsp3) is 0.600. The number of unbranched alkanes of at least 4 members (excludes halogenated alkanes) is 1. The van der Waals surface area contributed by atoms with Crippen LogP contribution in [-0.4, -0.2) is 83.8 Å². The molecule has 0 aromatic rings. The van der Waals surface area contributed by atoms with E-state index in [0.29, 0.717) is 0 Å². The highest BCUT2D eigenvalue weighted by Crippen LogP contribution is 2.21. The summed E-state index contributed by atoms with van der Waals surface area (Å²) in [7, 11) is -8.97. The van der Waals surface area contributed by atoms with Crippen LogP contribution in [0.1, 0.15) is 38.5 Å². The van der Waals surface area contributed by atoms with Gasteiger partial charge in [-0.1, -0.05) is 0 Å². The van der Waals surface area contributed by atoms with Crippen molar-refractivity contribution in [2.45, 2.75) is 49.0 Å². The summed E-state index contributed by atoms with van der Waals surface area (Å²) in [4.78, 5) is 79.4. The van der Waals surface area contributed by atoms with Crippen molar-refractivity contribution in [3.8, 4) is 0 Å². The molecule has 15 nitrogen and oxygen atoms in total. The minimum Gasteiger partial charge on any atom is -0.747 e. The van der Waals surface area contributed by atoms with Crippen molar-refractivity contribution in [2.24, 2.45) is 0 Å². The van der Waals surface area contributed by atoms with E-state index < -0.39 is 85.3 Å². The van der Waals surface area contributed by atoms with E-state index in [2.05, 4.69) is 9.68 Å². The summed E-state index contributed by atoms with van der Waals surface area (Å²) in [5.41, 5.74) is 0. The van der Waals surface area contributed by atoms with Crippen molar-refractivity contribution >= 4 is 55.5 Å². The van der Waals surface area contributed by atoms with Crippen LogP contribution in [0.5, 0.6) is 0 Å². The molecule has 178 valence electrons. The number of carbonyl (C=O) groups is 6. The first-order chi connectivity index (χ1) is 14.6. The third kappa shape index (κ3) is 5.86. The molecule has 0 aromatic carbocycles. The maximum atomic E-state index is 11.9. The van der Waals surface area contributed by atoms with Crippen molar-refractivity contribution in [1.29, 1.82) is 0 Å². The van der Waals surface area contributed by atoms with E-state index in [1.807, 2.05) is 0 Å². The number of amides is 4. The Morgan fingerprint density at radius 1 is 0.844 bits per heavy atom. The summed E-state index contributed by atoms with van der Waals surface area (Å²) in [5.74, 6) is -7.01. The molecule has 2 heterocycles. The monoisotopic (exact) mass is 497 g/mol. The molecule has 2 aliphatic rings. The van der Waals surface area contributed by atoms with Gasteiger partial charge in [-0.25, -0.2) is 26.4 Å². The average Bonchev–Trinajstić information content (AvgIpc) is 3.10. The summed E-state index contributed by atoms with van der Waals surface area (Å²) in [6, 6.07) is 0. The van der Waals surface area contributed by atoms with E-state index in [0.717, 1.165) is 6.26 Å². The van der Waals surface area contributed by atoms with Gasteiger partial charge in [0.1, 0.15) is 15.4 Å². The lowest BCUT2D eigenvalue weighted by molar-refractivity contribution is -0.198. The number of sulfone groups is 1. The van der Waals surface area contributed by atoms with Crippen molar-refractivity contribution in [3.05, 3.63) is 0 Å². The Hall–Kier alpha value is -2.92. The zero-order chi connectivity index (χ0) is 24.4. The van der Waals surface area contributed by atoms with Crippen molar-refractivity contribution in [1.82, 2.24) is 10.1 Å². The molecule has 0 radical (unpaired) electrons. The summed E-state index contributed by atoms with van der Waals surface area (Å²) in [6.45, 7) is 0. The molecule has 32 heavy (non-hydrogen) atoms. The predicted octanol–water partition coefficient (Wildman–Crippen LogP) is -2.69. The van der Waals surface area contributed by atoms with E-state index in [-0.39, 0.29) is 29.4 Å². The van der Waals surface area contributed by atoms with Crippen LogP contribution in [0.3, 0.4) is 0 Å². The second-order valence-corrected chi connectivity index (χ2v) is 10.7. The second-order valence-electron chi connectivity index (χ2n) is 6.89. The molecule has 2 atom stereocenters. The van der Waals surface area contributed by atoms with Crippen LogP contribution in [-0.2, 0) is 58.4 Å². The van der Waals surface area contributed by atoms with Crippen LogP contribution in [0.15, 0.2) is 0 Å². The van der Waals surface area contributed by atoms with Gasteiger partial charge in [-0.3, -0.25) is 19.2 Å². The highest BCUT2D eigenvalue weighted by Gasteiger charge is 2.47. The van der Waals surface area contributed by atoms with Gasteiger partial charge >= 0.3 is 11.9 Å². The lowest BCUT2D eigenvalue weighted by Gasteiger charge is -2.15. The van der Waals surface area contributed by atoms with Crippen molar-refractivity contribution < 1.29 is 59.8 Å². The van der Waals surface area contributed by atoms with Crippen molar-refractivity contribution in [2.75, 3.05) is 6.26 Å². The normalized spacial score (nSPS) is 21.9. The lowest BCUT2D eigenvalue weighted by Crippen LogP contribution is -2.36. The minimum absolute atomic E-state index is 0.0287. The van der Waals surface area contributed by atoms with Crippen LogP contribution in [0, 0.1) is 0 Å². The third-order valence-corrected chi connectivity index (χ3v) is 6.85. The van der Waals surface area contributed by atoms with Gasteiger partial charge in [0.2, 0.25) is 0 Å². The number of hydrogen-bond donors (Lipinski definition) is 0. The summed E-state index contributed by atoms with van der Waals surface area (Å²) in [5, 5.41) is -3.83. The largest absolute Gasteiger partial charge is 0.747 e. The Labute approximate surface area is 181 Å². The molecule has 17 heteroatoms. The molecule has 4 amide bonds. The first kappa shape index (κ1) is 25.3. The van der Waals surface area contributed by atoms with Gasteiger partial charge in [-0.05, 0) is 12.8 Å². The quantitative estimate of drug-likeness (QED) is 0.180. The number of rotatable bonds is 9. The Balaban J connectivity index is 1.76. The van der Waals surface area contributed by atoms with Crippen LogP contribution >= 0.6 is 0 Å². The topological polar surface area (TPSA) is 219 Å². The summed E-state index contributed by atoms with van der Waals surface area (Å²) in [6.07, 6.45) is -1.71. The molecular formula is C15H17N2O13S2-. The molecule has 2 saturated heterocycles. The Morgan fingerprint density at radius 3 is 1.53 bits per heavy atom. The third-order valence-electron chi connectivity index (χ3n) is 4.39. The standard InChI is InChI=1S/C15H18N2O13S2/c1-31(24,25)8-6-10(18)16(14(8)22)29-12(20)4-2-3-5-13(21)30-17-11(19)7-9(15(17)23)32(26,27)28/h8-9H,2-7H2,1H3,(H,26,27,28)/p-1. The van der Waals surface area contributed by atoms with Gasteiger partial charge in [-0.15, -0.1) is 10.1 Å². The molecular weight excluding hydrogens is 480 g/mol. The second kappa shape index (κ2) is 9.29. The summed E-state index contributed by atoms with van der Waals surface area (Å²) >= 11 is 0. The molecule has 0 aromatic heterocycles. The van der Waals surface area contributed by atoms with Gasteiger partial charge < -0.3 is 14.2 Å². The Bertz CT molecular complexity index is 993. The van der Waals surface area contributed by atoms with Gasteiger partial charge in [0.15, 0.2) is 15.1 Å². The molecule has 0 saturated carbocycles. The van der Waals surface area contributed by atoms with Crippen LogP contribution in [0.4, 0.5) is 0 Å². The molecule has 2 fully saturated rings. The zero-order valence-corrected chi connectivity index (χ0v) is 18.0. The fourth-order valence-electron chi connectivity index (χ4n) is 2.75. The maximum absolute atomic E-state index is 11.9. The lowest BCUT2D eigenvalue weighted by atomic mass is 10.2. The number of hydroxylamine groups is 4. The average molecular weight is 497 g/mol. The summed E-state index contributed by atoms with van der Waals surface area (Å²) < 4.78 is 55.6. The van der Waals surface area contributed by atoms with Gasteiger partial charge in [0.25, 0.3) is 23.6 Å². The van der Waals surface area contributed by atoms with Crippen LogP contribution in [0.2, 0.25) is 0 Å². The molecule has 2 aliphatic heterocycles. The highest BCUT2D eigenvalue weighted by atomic mass is 32.2. The van der Waals surface area contributed by atoms with Gasteiger partial charge in [-0.2, -0.15) is 0 Å². The molecule has 0 spiro atoms. The van der Waals surface area contributed by atoms with Gasteiger partial charge in [0.05, 0.1) is 12.8 Å². The number of carbonyl (C=O) groups excluding carboxylic acids is 6. The Kier molecular flexibility index (Phi) is 7.36.